The van der Waals surface area contributed by atoms with E-state index in [-0.39, 0.29) is 17.3 Å². The van der Waals surface area contributed by atoms with Gasteiger partial charge in [0.25, 0.3) is 0 Å². The standard InChI is InChI=1S/C16H19ClFNO2/c17-14-7-10(1-4-15(14)18)9-19-12-2-3-13(19)6-11(5-12)8-16(20)21/h1,4,7,11-13H,2-3,5-6,8-9H2,(H,20,21). The first kappa shape index (κ1) is 14.8. The third-order valence-electron chi connectivity index (χ3n) is 4.79. The first-order valence-electron chi connectivity index (χ1n) is 7.44. The summed E-state index contributed by atoms with van der Waals surface area (Å²) in [5.41, 5.74) is 1.02. The lowest BCUT2D eigenvalue weighted by molar-refractivity contribution is -0.138. The smallest absolute Gasteiger partial charge is 0.303 e. The van der Waals surface area contributed by atoms with Crippen LogP contribution in [0.1, 0.15) is 37.7 Å². The summed E-state index contributed by atoms with van der Waals surface area (Å²) in [6.07, 6.45) is 4.46. The largest absolute Gasteiger partial charge is 0.481 e. The van der Waals surface area contributed by atoms with E-state index in [4.69, 9.17) is 16.7 Å². The van der Waals surface area contributed by atoms with Gasteiger partial charge in [-0.15, -0.1) is 0 Å². The van der Waals surface area contributed by atoms with Crippen LogP contribution < -0.4 is 0 Å². The maximum Gasteiger partial charge on any atom is 0.303 e. The summed E-state index contributed by atoms with van der Waals surface area (Å²) in [6, 6.07) is 5.80. The van der Waals surface area contributed by atoms with Gasteiger partial charge < -0.3 is 5.11 Å². The molecule has 0 radical (unpaired) electrons. The molecular weight excluding hydrogens is 293 g/mol. The van der Waals surface area contributed by atoms with Crippen molar-refractivity contribution in [2.75, 3.05) is 0 Å². The van der Waals surface area contributed by atoms with Gasteiger partial charge in [-0.3, -0.25) is 9.69 Å². The molecule has 2 bridgehead atoms. The van der Waals surface area contributed by atoms with Crippen LogP contribution >= 0.6 is 11.6 Å². The molecule has 0 amide bonds. The zero-order chi connectivity index (χ0) is 15.0. The normalized spacial score (nSPS) is 28.8. The summed E-state index contributed by atoms with van der Waals surface area (Å²) in [7, 11) is 0. The Hall–Kier alpha value is -1.13. The number of fused-ring (bicyclic) bond motifs is 2. The Morgan fingerprint density at radius 1 is 1.33 bits per heavy atom. The fraction of sp³-hybridized carbons (Fsp3) is 0.562. The lowest BCUT2D eigenvalue weighted by Gasteiger charge is -2.38. The number of hydrogen-bond acceptors (Lipinski definition) is 2. The molecule has 0 saturated carbocycles. The molecule has 2 heterocycles. The molecule has 2 aliphatic rings. The van der Waals surface area contributed by atoms with Crippen LogP contribution in [0.4, 0.5) is 4.39 Å². The zero-order valence-electron chi connectivity index (χ0n) is 11.8. The summed E-state index contributed by atoms with van der Waals surface area (Å²) in [5.74, 6) is -0.783. The molecule has 2 saturated heterocycles. The SMILES string of the molecule is O=C(O)CC1CC2CCC(C1)N2Cc1ccc(F)c(Cl)c1. The van der Waals surface area contributed by atoms with Crippen LogP contribution in [0.3, 0.4) is 0 Å². The zero-order valence-corrected chi connectivity index (χ0v) is 12.5. The molecule has 2 unspecified atom stereocenters. The number of benzene rings is 1. The second-order valence-electron chi connectivity index (χ2n) is 6.24. The number of rotatable bonds is 4. The highest BCUT2D eigenvalue weighted by molar-refractivity contribution is 6.30. The third-order valence-corrected chi connectivity index (χ3v) is 5.08. The maximum atomic E-state index is 13.2. The van der Waals surface area contributed by atoms with E-state index in [9.17, 15) is 9.18 Å². The molecule has 0 aromatic heterocycles. The molecule has 3 nitrogen and oxygen atoms in total. The van der Waals surface area contributed by atoms with Crippen molar-refractivity contribution in [3.05, 3.63) is 34.6 Å². The number of carboxylic acid groups (broad SMARTS) is 1. The maximum absolute atomic E-state index is 13.2. The van der Waals surface area contributed by atoms with Crippen molar-refractivity contribution in [2.24, 2.45) is 5.92 Å². The highest BCUT2D eigenvalue weighted by Gasteiger charge is 2.40. The number of hydrogen-bond donors (Lipinski definition) is 1. The Morgan fingerprint density at radius 2 is 2.00 bits per heavy atom. The van der Waals surface area contributed by atoms with Gasteiger partial charge >= 0.3 is 5.97 Å². The van der Waals surface area contributed by atoms with Crippen molar-refractivity contribution < 1.29 is 14.3 Å². The Kier molecular flexibility index (Phi) is 4.18. The minimum absolute atomic E-state index is 0.167. The topological polar surface area (TPSA) is 40.5 Å². The first-order valence-corrected chi connectivity index (χ1v) is 7.82. The van der Waals surface area contributed by atoms with Crippen molar-refractivity contribution in [1.29, 1.82) is 0 Å². The van der Waals surface area contributed by atoms with E-state index < -0.39 is 5.97 Å². The monoisotopic (exact) mass is 311 g/mol. The Morgan fingerprint density at radius 3 is 2.57 bits per heavy atom. The van der Waals surface area contributed by atoms with Gasteiger partial charge in [-0.2, -0.15) is 0 Å². The second kappa shape index (κ2) is 5.93. The highest BCUT2D eigenvalue weighted by Crippen LogP contribution is 2.40. The molecule has 1 aromatic carbocycles. The van der Waals surface area contributed by atoms with Gasteiger partial charge in [0, 0.05) is 25.0 Å². The first-order chi connectivity index (χ1) is 10.0. The van der Waals surface area contributed by atoms with E-state index in [1.807, 2.05) is 0 Å². The number of halogens is 2. The summed E-state index contributed by atoms with van der Waals surface area (Å²) < 4.78 is 13.2. The molecule has 5 heteroatoms. The second-order valence-corrected chi connectivity index (χ2v) is 6.65. The van der Waals surface area contributed by atoms with Crippen molar-refractivity contribution in [1.82, 2.24) is 4.90 Å². The minimum atomic E-state index is -0.696. The Balaban J connectivity index is 1.67. The number of piperidine rings is 1. The van der Waals surface area contributed by atoms with E-state index in [2.05, 4.69) is 4.90 Å². The van der Waals surface area contributed by atoms with Crippen LogP contribution in [-0.2, 0) is 11.3 Å². The minimum Gasteiger partial charge on any atom is -0.481 e. The van der Waals surface area contributed by atoms with E-state index in [1.54, 1.807) is 12.1 Å². The molecular formula is C16H19ClFNO2. The van der Waals surface area contributed by atoms with Gasteiger partial charge in [-0.1, -0.05) is 17.7 Å². The molecule has 114 valence electrons. The third kappa shape index (κ3) is 3.22. The van der Waals surface area contributed by atoms with E-state index in [1.165, 1.54) is 6.07 Å². The average Bonchev–Trinajstić information content (AvgIpc) is 2.65. The molecule has 2 atom stereocenters. The molecule has 1 N–H and O–H groups in total. The van der Waals surface area contributed by atoms with Crippen molar-refractivity contribution >= 4 is 17.6 Å². The lowest BCUT2D eigenvalue weighted by Crippen LogP contribution is -2.42. The molecule has 21 heavy (non-hydrogen) atoms. The van der Waals surface area contributed by atoms with Gasteiger partial charge in [0.05, 0.1) is 5.02 Å². The quantitative estimate of drug-likeness (QED) is 0.922. The predicted octanol–water partition coefficient (Wildman–Crippen LogP) is 3.70. The van der Waals surface area contributed by atoms with Crippen molar-refractivity contribution in [3.8, 4) is 0 Å². The van der Waals surface area contributed by atoms with Crippen molar-refractivity contribution in [3.63, 3.8) is 0 Å². The lowest BCUT2D eigenvalue weighted by atomic mass is 9.88. The fourth-order valence-corrected chi connectivity index (χ4v) is 4.11. The number of carbonyl (C=O) groups is 1. The van der Waals surface area contributed by atoms with Crippen molar-refractivity contribution in [2.45, 2.75) is 50.7 Å². The van der Waals surface area contributed by atoms with Crippen LogP contribution in [0.5, 0.6) is 0 Å². The van der Waals surface area contributed by atoms with Crippen LogP contribution in [0, 0.1) is 11.7 Å². The number of carboxylic acids is 1. The summed E-state index contributed by atoms with van der Waals surface area (Å²) in [6.45, 7) is 0.773. The molecule has 2 fully saturated rings. The van der Waals surface area contributed by atoms with Gasteiger partial charge in [0.15, 0.2) is 0 Å². The van der Waals surface area contributed by atoms with E-state index in [0.29, 0.717) is 18.0 Å². The molecule has 1 aromatic rings. The van der Waals surface area contributed by atoms with E-state index in [0.717, 1.165) is 37.8 Å². The van der Waals surface area contributed by atoms with Gasteiger partial charge in [-0.25, -0.2) is 4.39 Å². The molecule has 0 aliphatic carbocycles. The summed E-state index contributed by atoms with van der Waals surface area (Å²) in [4.78, 5) is 13.3. The summed E-state index contributed by atoms with van der Waals surface area (Å²) in [5, 5.41) is 9.12. The fourth-order valence-electron chi connectivity index (χ4n) is 3.91. The van der Waals surface area contributed by atoms with Gasteiger partial charge in [0.2, 0.25) is 0 Å². The summed E-state index contributed by atoms with van der Waals surface area (Å²) >= 11 is 5.84. The highest BCUT2D eigenvalue weighted by atomic mass is 35.5. The Bertz CT molecular complexity index is 537. The number of aliphatic carboxylic acids is 1. The molecule has 3 rings (SSSR count). The van der Waals surface area contributed by atoms with E-state index >= 15 is 0 Å². The average molecular weight is 312 g/mol. The van der Waals surface area contributed by atoms with Gasteiger partial charge in [-0.05, 0) is 49.3 Å². The molecule has 0 spiro atoms. The number of nitrogens with zero attached hydrogens (tertiary/aromatic N) is 1. The molecule has 2 aliphatic heterocycles. The van der Waals surface area contributed by atoms with Crippen LogP contribution in [0.15, 0.2) is 18.2 Å². The van der Waals surface area contributed by atoms with Crippen LogP contribution in [0.2, 0.25) is 5.02 Å². The Labute approximate surface area is 128 Å². The van der Waals surface area contributed by atoms with Gasteiger partial charge in [0.1, 0.15) is 5.82 Å². The van der Waals surface area contributed by atoms with Crippen LogP contribution in [0.25, 0.3) is 0 Å². The van der Waals surface area contributed by atoms with Crippen LogP contribution in [-0.4, -0.2) is 28.1 Å². The predicted molar refractivity (Wildman–Crippen MR) is 78.7 cm³/mol.